The molecule has 0 aromatic carbocycles. The van der Waals surface area contributed by atoms with Crippen LogP contribution >= 0.6 is 0 Å². The van der Waals surface area contributed by atoms with Crippen LogP contribution in [0, 0.1) is 0 Å². The standard InChI is InChI=1S/K.Li.H2O4S.H2O/c;;1-5(2,3)4;/h;;(H2,1,2,3,4);1H2/q2*+1;;/p-2. The fourth-order valence-corrected chi connectivity index (χ4v) is 0. The van der Waals surface area contributed by atoms with Crippen molar-refractivity contribution in [3.63, 3.8) is 0 Å². The molecule has 5 nitrogen and oxygen atoms in total. The van der Waals surface area contributed by atoms with Crippen LogP contribution in [0.25, 0.3) is 0 Å². The van der Waals surface area contributed by atoms with Gasteiger partial charge in [-0.15, -0.1) is 0 Å². The molecule has 2 N–H and O–H groups in total. The van der Waals surface area contributed by atoms with Crippen molar-refractivity contribution in [1.29, 1.82) is 0 Å². The second-order valence-electron chi connectivity index (χ2n) is 0.408. The third-order valence-corrected chi connectivity index (χ3v) is 0. The van der Waals surface area contributed by atoms with Crippen molar-refractivity contribution in [1.82, 2.24) is 0 Å². The Hall–Kier alpha value is 2.06. The van der Waals surface area contributed by atoms with Crippen LogP contribution in [0.15, 0.2) is 0 Å². The molecular weight excluding hydrogens is 158 g/mol. The molecule has 0 atom stereocenters. The molecule has 8 heavy (non-hydrogen) atoms. The third kappa shape index (κ3) is 94.5. The average molecular weight is 160 g/mol. The van der Waals surface area contributed by atoms with Gasteiger partial charge in [-0.05, 0) is 0 Å². The van der Waals surface area contributed by atoms with E-state index in [1.807, 2.05) is 0 Å². The van der Waals surface area contributed by atoms with Gasteiger partial charge in [0.25, 0.3) is 0 Å². The van der Waals surface area contributed by atoms with E-state index in [1.54, 1.807) is 0 Å². The molecule has 0 radical (unpaired) electrons. The van der Waals surface area contributed by atoms with Gasteiger partial charge in [-0.25, -0.2) is 0 Å². The topological polar surface area (TPSA) is 112 Å². The molecule has 0 bridgehead atoms. The van der Waals surface area contributed by atoms with Crippen LogP contribution in [0.1, 0.15) is 0 Å². The molecule has 0 saturated carbocycles. The Morgan fingerprint density at radius 2 is 1.12 bits per heavy atom. The molecule has 0 aromatic heterocycles. The number of hydrogen-bond acceptors (Lipinski definition) is 4. The third-order valence-electron chi connectivity index (χ3n) is 0. The maximum absolute atomic E-state index is 8.52. The first-order valence-corrected chi connectivity index (χ1v) is 2.00. The molecular formula is H2KLiO5S. The van der Waals surface area contributed by atoms with Crippen LogP contribution in [0.3, 0.4) is 0 Å². The summed E-state index contributed by atoms with van der Waals surface area (Å²) in [6, 6.07) is 0. The van der Waals surface area contributed by atoms with E-state index in [1.165, 1.54) is 0 Å². The summed E-state index contributed by atoms with van der Waals surface area (Å²) in [5.74, 6) is 0. The molecule has 0 aliphatic heterocycles. The van der Waals surface area contributed by atoms with Crippen LogP contribution in [-0.4, -0.2) is 23.0 Å². The fraction of sp³-hybridized carbons (Fsp3) is 0. The Labute approximate surface area is 102 Å². The van der Waals surface area contributed by atoms with Crippen molar-refractivity contribution in [2.24, 2.45) is 0 Å². The Kier molecular flexibility index (Phi) is 25.5. The first-order chi connectivity index (χ1) is 2.00. The summed E-state index contributed by atoms with van der Waals surface area (Å²) in [4.78, 5) is 0. The Morgan fingerprint density at radius 3 is 1.12 bits per heavy atom. The van der Waals surface area contributed by atoms with Gasteiger partial charge in [-0.3, -0.25) is 8.42 Å². The van der Waals surface area contributed by atoms with Gasteiger partial charge in [0.1, 0.15) is 0 Å². The largest absolute Gasteiger partial charge is 1.00 e. The SMILES string of the molecule is O.O=S(=O)([O-])[O-].[K+].[Li+]. The van der Waals surface area contributed by atoms with Gasteiger partial charge < -0.3 is 14.6 Å². The van der Waals surface area contributed by atoms with Crippen molar-refractivity contribution < 1.29 is 93.2 Å². The monoisotopic (exact) mass is 160 g/mol. The molecule has 0 unspecified atom stereocenters. The maximum atomic E-state index is 8.52. The Morgan fingerprint density at radius 1 is 1.12 bits per heavy atom. The quantitative estimate of drug-likeness (QED) is 0.199. The molecule has 0 spiro atoms. The van der Waals surface area contributed by atoms with Gasteiger partial charge in [-0.1, -0.05) is 0 Å². The summed E-state index contributed by atoms with van der Waals surface area (Å²) in [7, 11) is -5.17. The van der Waals surface area contributed by atoms with Crippen LogP contribution in [0.5, 0.6) is 0 Å². The molecule has 40 valence electrons. The Balaban J connectivity index is -0.0000000267. The van der Waals surface area contributed by atoms with E-state index >= 15 is 0 Å². The average Bonchev–Trinajstić information content (AvgIpc) is 0.722. The minimum absolute atomic E-state index is 0. The van der Waals surface area contributed by atoms with Gasteiger partial charge in [0.05, 0.1) is 0 Å². The van der Waals surface area contributed by atoms with E-state index in [2.05, 4.69) is 0 Å². The molecule has 0 aliphatic carbocycles. The zero-order valence-corrected chi connectivity index (χ0v) is 8.48. The molecule has 0 fully saturated rings. The zero-order valence-electron chi connectivity index (χ0n) is 4.54. The maximum Gasteiger partial charge on any atom is 1.00 e. The first kappa shape index (κ1) is 22.5. The summed E-state index contributed by atoms with van der Waals surface area (Å²) in [5, 5.41) is 0. The second-order valence-corrected chi connectivity index (χ2v) is 1.22. The molecule has 0 saturated heterocycles. The molecule has 0 aromatic rings. The van der Waals surface area contributed by atoms with Crippen molar-refractivity contribution in [3.8, 4) is 0 Å². The first-order valence-electron chi connectivity index (χ1n) is 0.667. The van der Waals surface area contributed by atoms with Crippen LogP contribution in [0.2, 0.25) is 0 Å². The van der Waals surface area contributed by atoms with E-state index in [9.17, 15) is 0 Å². The van der Waals surface area contributed by atoms with E-state index in [4.69, 9.17) is 17.5 Å². The molecule has 0 heterocycles. The van der Waals surface area contributed by atoms with Gasteiger partial charge in [0.15, 0.2) is 0 Å². The molecule has 8 heteroatoms. The van der Waals surface area contributed by atoms with Crippen LogP contribution in [0.4, 0.5) is 0 Å². The van der Waals surface area contributed by atoms with Crippen molar-refractivity contribution >= 4 is 10.4 Å². The summed E-state index contributed by atoms with van der Waals surface area (Å²) in [6.07, 6.45) is 0. The van der Waals surface area contributed by atoms with Crippen LogP contribution < -0.4 is 70.2 Å². The van der Waals surface area contributed by atoms with Gasteiger partial charge in [-0.2, -0.15) is 0 Å². The predicted octanol–water partition coefficient (Wildman–Crippen LogP) is -8.15. The zero-order chi connectivity index (χ0) is 4.50. The predicted molar refractivity (Wildman–Crippen MR) is 14.1 cm³/mol. The minimum Gasteiger partial charge on any atom is -0.759 e. The van der Waals surface area contributed by atoms with Crippen LogP contribution in [-0.2, 0) is 10.4 Å². The normalized spacial score (nSPS) is 7.25. The number of rotatable bonds is 0. The smallest absolute Gasteiger partial charge is 0.759 e. The van der Waals surface area contributed by atoms with E-state index < -0.39 is 10.4 Å². The van der Waals surface area contributed by atoms with Gasteiger partial charge in [0.2, 0.25) is 0 Å². The summed E-state index contributed by atoms with van der Waals surface area (Å²) in [6.45, 7) is 0. The number of hydrogen-bond donors (Lipinski definition) is 0. The Bertz CT molecular complexity index is 95.6. The van der Waals surface area contributed by atoms with Crippen molar-refractivity contribution in [2.45, 2.75) is 0 Å². The van der Waals surface area contributed by atoms with Gasteiger partial charge in [0, 0.05) is 10.4 Å². The summed E-state index contributed by atoms with van der Waals surface area (Å²) in [5.41, 5.74) is 0. The van der Waals surface area contributed by atoms with Crippen molar-refractivity contribution in [2.75, 3.05) is 0 Å². The second kappa shape index (κ2) is 9.06. The fourth-order valence-electron chi connectivity index (χ4n) is 0. The minimum atomic E-state index is -5.17. The van der Waals surface area contributed by atoms with Gasteiger partial charge >= 0.3 is 70.2 Å². The summed E-state index contributed by atoms with van der Waals surface area (Å²) >= 11 is 0. The van der Waals surface area contributed by atoms with E-state index in [0.717, 1.165) is 0 Å². The summed E-state index contributed by atoms with van der Waals surface area (Å²) < 4.78 is 34.1. The molecule has 0 aliphatic rings. The molecule has 0 amide bonds. The van der Waals surface area contributed by atoms with Crippen molar-refractivity contribution in [3.05, 3.63) is 0 Å². The molecule has 0 rings (SSSR count). The van der Waals surface area contributed by atoms with E-state index in [-0.39, 0.29) is 75.7 Å². The van der Waals surface area contributed by atoms with E-state index in [0.29, 0.717) is 0 Å².